The van der Waals surface area contributed by atoms with E-state index in [1.807, 2.05) is 6.07 Å². The number of nitrogens with one attached hydrogen (secondary N) is 1. The van der Waals surface area contributed by atoms with E-state index in [0.717, 1.165) is 25.9 Å². The summed E-state index contributed by atoms with van der Waals surface area (Å²) in [7, 11) is 0. The second-order valence-electron chi connectivity index (χ2n) is 4.19. The van der Waals surface area contributed by atoms with Gasteiger partial charge in [-0.15, -0.1) is 0 Å². The molecule has 0 radical (unpaired) electrons. The van der Waals surface area contributed by atoms with Gasteiger partial charge in [-0.3, -0.25) is 4.79 Å². The van der Waals surface area contributed by atoms with Gasteiger partial charge in [-0.2, -0.15) is 0 Å². The van der Waals surface area contributed by atoms with Gasteiger partial charge >= 0.3 is 5.97 Å². The fourth-order valence-electron chi connectivity index (χ4n) is 1.71. The highest BCUT2D eigenvalue weighted by Crippen LogP contribution is 2.03. The number of carboxylic acids is 1. The molecule has 1 aromatic carbocycles. The molecular formula is C14H21NO2. The summed E-state index contributed by atoms with van der Waals surface area (Å²) in [5.41, 5.74) is 1.39. The molecule has 17 heavy (non-hydrogen) atoms. The van der Waals surface area contributed by atoms with Crippen LogP contribution in [0.4, 0.5) is 0 Å². The maximum Gasteiger partial charge on any atom is 0.303 e. The molecule has 2 N–H and O–H groups in total. The third kappa shape index (κ3) is 7.53. The summed E-state index contributed by atoms with van der Waals surface area (Å²) >= 11 is 0. The largest absolute Gasteiger partial charge is 0.481 e. The van der Waals surface area contributed by atoms with Gasteiger partial charge in [-0.25, -0.2) is 0 Å². The molecule has 1 aromatic rings. The average molecular weight is 235 g/mol. The number of aryl methyl sites for hydroxylation is 1. The topological polar surface area (TPSA) is 49.3 Å². The van der Waals surface area contributed by atoms with Gasteiger partial charge < -0.3 is 10.4 Å². The molecular weight excluding hydrogens is 214 g/mol. The van der Waals surface area contributed by atoms with E-state index in [0.29, 0.717) is 6.42 Å². The number of carbonyl (C=O) groups is 1. The zero-order valence-electron chi connectivity index (χ0n) is 10.2. The molecule has 3 nitrogen and oxygen atoms in total. The van der Waals surface area contributed by atoms with Gasteiger partial charge in [0.1, 0.15) is 0 Å². The van der Waals surface area contributed by atoms with Crippen molar-refractivity contribution in [2.45, 2.75) is 32.1 Å². The molecule has 0 aromatic heterocycles. The molecule has 1 rings (SSSR count). The van der Waals surface area contributed by atoms with Crippen molar-refractivity contribution in [3.05, 3.63) is 35.9 Å². The Morgan fingerprint density at radius 3 is 2.47 bits per heavy atom. The molecule has 0 atom stereocenters. The fourth-order valence-corrected chi connectivity index (χ4v) is 1.71. The van der Waals surface area contributed by atoms with Crippen molar-refractivity contribution in [3.8, 4) is 0 Å². The molecule has 0 aliphatic heterocycles. The van der Waals surface area contributed by atoms with Crippen molar-refractivity contribution in [1.29, 1.82) is 0 Å². The first kappa shape index (κ1) is 13.7. The third-order valence-electron chi connectivity index (χ3n) is 2.66. The molecule has 0 saturated heterocycles. The van der Waals surface area contributed by atoms with Crippen molar-refractivity contribution in [2.75, 3.05) is 13.1 Å². The molecule has 0 aliphatic carbocycles. The van der Waals surface area contributed by atoms with Crippen molar-refractivity contribution in [2.24, 2.45) is 0 Å². The molecule has 0 saturated carbocycles. The predicted octanol–water partition coefficient (Wildman–Crippen LogP) is 2.46. The van der Waals surface area contributed by atoms with Crippen LogP contribution in [0, 0.1) is 0 Å². The van der Waals surface area contributed by atoms with E-state index in [4.69, 9.17) is 5.11 Å². The summed E-state index contributed by atoms with van der Waals surface area (Å²) in [6, 6.07) is 10.5. The molecule has 0 bridgehead atoms. The number of hydrogen-bond acceptors (Lipinski definition) is 2. The average Bonchev–Trinajstić information content (AvgIpc) is 2.33. The van der Waals surface area contributed by atoms with Crippen LogP contribution in [0.15, 0.2) is 30.3 Å². The van der Waals surface area contributed by atoms with Crippen molar-refractivity contribution < 1.29 is 9.90 Å². The summed E-state index contributed by atoms with van der Waals surface area (Å²) in [5.74, 6) is -0.712. The van der Waals surface area contributed by atoms with Crippen LogP contribution < -0.4 is 5.32 Å². The number of hydrogen-bond donors (Lipinski definition) is 2. The van der Waals surface area contributed by atoms with Crippen LogP contribution in [0.5, 0.6) is 0 Å². The minimum atomic E-state index is -0.712. The Bertz CT molecular complexity index is 311. The van der Waals surface area contributed by atoms with Gasteiger partial charge in [0.05, 0.1) is 0 Å². The third-order valence-corrected chi connectivity index (χ3v) is 2.66. The first-order valence-corrected chi connectivity index (χ1v) is 6.25. The van der Waals surface area contributed by atoms with Crippen LogP contribution in [-0.2, 0) is 11.2 Å². The lowest BCUT2D eigenvalue weighted by atomic mass is 10.1. The minimum Gasteiger partial charge on any atom is -0.481 e. The van der Waals surface area contributed by atoms with Crippen LogP contribution in [0.2, 0.25) is 0 Å². The summed E-state index contributed by atoms with van der Waals surface area (Å²) in [6.07, 6.45) is 4.42. The second-order valence-corrected chi connectivity index (χ2v) is 4.19. The smallest absolute Gasteiger partial charge is 0.303 e. The molecule has 0 aliphatic rings. The van der Waals surface area contributed by atoms with Crippen LogP contribution in [0.1, 0.15) is 31.2 Å². The highest BCUT2D eigenvalue weighted by atomic mass is 16.4. The summed E-state index contributed by atoms with van der Waals surface area (Å²) in [6.45, 7) is 1.78. The Morgan fingerprint density at radius 2 is 1.76 bits per heavy atom. The SMILES string of the molecule is O=C(O)CCCNCCCCc1ccccc1. The maximum atomic E-state index is 10.3. The van der Waals surface area contributed by atoms with Crippen LogP contribution in [-0.4, -0.2) is 24.2 Å². The Morgan fingerprint density at radius 1 is 1.06 bits per heavy atom. The Hall–Kier alpha value is -1.35. The van der Waals surface area contributed by atoms with Gasteiger partial charge in [0.15, 0.2) is 0 Å². The van der Waals surface area contributed by atoms with Gasteiger partial charge in [0, 0.05) is 6.42 Å². The Balaban J connectivity index is 1.90. The van der Waals surface area contributed by atoms with E-state index in [-0.39, 0.29) is 6.42 Å². The quantitative estimate of drug-likeness (QED) is 0.646. The Labute approximate surface area is 103 Å². The van der Waals surface area contributed by atoms with Crippen molar-refractivity contribution in [3.63, 3.8) is 0 Å². The zero-order chi connectivity index (χ0) is 12.3. The lowest BCUT2D eigenvalue weighted by Crippen LogP contribution is -2.17. The fraction of sp³-hybridized carbons (Fsp3) is 0.500. The summed E-state index contributed by atoms with van der Waals surface area (Å²) in [5, 5.41) is 11.7. The second kappa shape index (κ2) is 8.76. The molecule has 0 amide bonds. The number of rotatable bonds is 9. The van der Waals surface area contributed by atoms with Gasteiger partial charge in [-0.05, 0) is 44.3 Å². The van der Waals surface area contributed by atoms with Gasteiger partial charge in [0.2, 0.25) is 0 Å². The first-order chi connectivity index (χ1) is 8.29. The molecule has 0 fully saturated rings. The van der Waals surface area contributed by atoms with Gasteiger partial charge in [0.25, 0.3) is 0 Å². The van der Waals surface area contributed by atoms with E-state index in [9.17, 15) is 4.79 Å². The van der Waals surface area contributed by atoms with Gasteiger partial charge in [-0.1, -0.05) is 30.3 Å². The highest BCUT2D eigenvalue weighted by molar-refractivity contribution is 5.66. The number of carboxylic acid groups (broad SMARTS) is 1. The monoisotopic (exact) mass is 235 g/mol. The Kier molecular flexibility index (Phi) is 7.07. The highest BCUT2D eigenvalue weighted by Gasteiger charge is 1.96. The van der Waals surface area contributed by atoms with Crippen molar-refractivity contribution >= 4 is 5.97 Å². The van der Waals surface area contributed by atoms with E-state index in [1.165, 1.54) is 12.0 Å². The summed E-state index contributed by atoms with van der Waals surface area (Å²) in [4.78, 5) is 10.3. The number of benzene rings is 1. The molecule has 0 unspecified atom stereocenters. The van der Waals surface area contributed by atoms with Crippen molar-refractivity contribution in [1.82, 2.24) is 5.32 Å². The predicted molar refractivity (Wildman–Crippen MR) is 69.1 cm³/mol. The first-order valence-electron chi connectivity index (χ1n) is 6.25. The van der Waals surface area contributed by atoms with E-state index in [2.05, 4.69) is 29.6 Å². The number of unbranched alkanes of at least 4 members (excludes halogenated alkanes) is 1. The maximum absolute atomic E-state index is 10.3. The number of aliphatic carboxylic acids is 1. The van der Waals surface area contributed by atoms with E-state index < -0.39 is 5.97 Å². The summed E-state index contributed by atoms with van der Waals surface area (Å²) < 4.78 is 0. The van der Waals surface area contributed by atoms with Crippen LogP contribution in [0.3, 0.4) is 0 Å². The molecule has 0 spiro atoms. The van der Waals surface area contributed by atoms with Crippen LogP contribution in [0.25, 0.3) is 0 Å². The molecule has 0 heterocycles. The van der Waals surface area contributed by atoms with E-state index >= 15 is 0 Å². The lowest BCUT2D eigenvalue weighted by molar-refractivity contribution is -0.137. The van der Waals surface area contributed by atoms with E-state index in [1.54, 1.807) is 0 Å². The lowest BCUT2D eigenvalue weighted by Gasteiger charge is -2.04. The minimum absolute atomic E-state index is 0.261. The molecule has 94 valence electrons. The normalized spacial score (nSPS) is 10.4. The zero-order valence-corrected chi connectivity index (χ0v) is 10.2. The molecule has 3 heteroatoms. The van der Waals surface area contributed by atoms with Crippen LogP contribution >= 0.6 is 0 Å². The standard InChI is InChI=1S/C14H21NO2/c16-14(17)10-6-12-15-11-5-4-9-13-7-2-1-3-8-13/h1-3,7-8,15H,4-6,9-12H2,(H,16,17).